The average Bonchev–Trinajstić information content (AvgIpc) is 3.22. The van der Waals surface area contributed by atoms with E-state index in [0.29, 0.717) is 11.1 Å². The Morgan fingerprint density at radius 3 is 2.38 bits per heavy atom. The third kappa shape index (κ3) is 2.39. The summed E-state index contributed by atoms with van der Waals surface area (Å²) < 4.78 is 38.4. The maximum absolute atomic E-state index is 14.5. The average molecular weight is 343 g/mol. The number of benzene rings is 2. The SMILES string of the molecule is NS(=O)(=O)c1ccccc1C1=CCC2(CC2)C1c1ccccc1F. The molecule has 5 heteroatoms. The van der Waals surface area contributed by atoms with Gasteiger partial charge in [0.25, 0.3) is 0 Å². The Balaban J connectivity index is 1.89. The van der Waals surface area contributed by atoms with Gasteiger partial charge in [0.15, 0.2) is 0 Å². The number of hydrogen-bond acceptors (Lipinski definition) is 2. The quantitative estimate of drug-likeness (QED) is 0.921. The number of halogens is 1. The van der Waals surface area contributed by atoms with Crippen molar-refractivity contribution in [2.24, 2.45) is 10.6 Å². The lowest BCUT2D eigenvalue weighted by Crippen LogP contribution is -2.17. The summed E-state index contributed by atoms with van der Waals surface area (Å²) in [4.78, 5) is 0.107. The second kappa shape index (κ2) is 5.26. The van der Waals surface area contributed by atoms with E-state index in [1.165, 1.54) is 12.1 Å². The van der Waals surface area contributed by atoms with Gasteiger partial charge in [0, 0.05) is 5.92 Å². The van der Waals surface area contributed by atoms with Crippen molar-refractivity contribution in [3.05, 3.63) is 71.6 Å². The van der Waals surface area contributed by atoms with Gasteiger partial charge in [-0.1, -0.05) is 42.5 Å². The minimum Gasteiger partial charge on any atom is -0.225 e. The summed E-state index contributed by atoms with van der Waals surface area (Å²) in [6.07, 6.45) is 4.97. The van der Waals surface area contributed by atoms with Crippen molar-refractivity contribution in [2.45, 2.75) is 30.1 Å². The van der Waals surface area contributed by atoms with Crippen molar-refractivity contribution < 1.29 is 12.8 Å². The number of rotatable bonds is 3. The fourth-order valence-electron chi connectivity index (χ4n) is 3.96. The highest BCUT2D eigenvalue weighted by molar-refractivity contribution is 7.89. The van der Waals surface area contributed by atoms with Gasteiger partial charge in [0.2, 0.25) is 10.0 Å². The predicted molar refractivity (Wildman–Crippen MR) is 91.2 cm³/mol. The lowest BCUT2D eigenvalue weighted by Gasteiger charge is -2.25. The maximum atomic E-state index is 14.5. The first-order valence-electron chi connectivity index (χ1n) is 7.99. The molecule has 124 valence electrons. The van der Waals surface area contributed by atoms with Crippen molar-refractivity contribution in [2.75, 3.05) is 0 Å². The summed E-state index contributed by atoms with van der Waals surface area (Å²) in [7, 11) is -3.84. The van der Waals surface area contributed by atoms with Crippen LogP contribution in [0.3, 0.4) is 0 Å². The minimum absolute atomic E-state index is 0.0308. The minimum atomic E-state index is -3.84. The highest BCUT2D eigenvalue weighted by Crippen LogP contribution is 2.67. The van der Waals surface area contributed by atoms with Crippen LogP contribution >= 0.6 is 0 Å². The Hall–Kier alpha value is -1.98. The number of primary sulfonamides is 1. The van der Waals surface area contributed by atoms with Gasteiger partial charge in [-0.05, 0) is 53.5 Å². The van der Waals surface area contributed by atoms with Crippen LogP contribution in [0, 0.1) is 11.2 Å². The third-order valence-electron chi connectivity index (χ3n) is 5.26. The topological polar surface area (TPSA) is 60.2 Å². The normalized spacial score (nSPS) is 21.8. The molecule has 4 rings (SSSR count). The molecule has 0 aromatic heterocycles. The smallest absolute Gasteiger partial charge is 0.225 e. The highest BCUT2D eigenvalue weighted by atomic mass is 32.2. The van der Waals surface area contributed by atoms with Crippen LogP contribution in [0.25, 0.3) is 5.57 Å². The van der Waals surface area contributed by atoms with E-state index in [0.717, 1.165) is 24.8 Å². The van der Waals surface area contributed by atoms with Crippen LogP contribution in [-0.4, -0.2) is 8.42 Å². The van der Waals surface area contributed by atoms with E-state index in [4.69, 9.17) is 5.14 Å². The van der Waals surface area contributed by atoms with Crippen LogP contribution in [0.5, 0.6) is 0 Å². The van der Waals surface area contributed by atoms with Gasteiger partial charge in [-0.25, -0.2) is 17.9 Å². The number of hydrogen-bond donors (Lipinski definition) is 1. The lowest BCUT2D eigenvalue weighted by atomic mass is 9.80. The molecule has 1 spiro atoms. The predicted octanol–water partition coefficient (Wildman–Crippen LogP) is 3.82. The molecule has 24 heavy (non-hydrogen) atoms. The summed E-state index contributed by atoms with van der Waals surface area (Å²) in [6.45, 7) is 0. The summed E-state index contributed by atoms with van der Waals surface area (Å²) in [5, 5.41) is 5.39. The Morgan fingerprint density at radius 1 is 1.04 bits per heavy atom. The Kier molecular flexibility index (Phi) is 3.41. The fraction of sp³-hybridized carbons (Fsp3) is 0.263. The Morgan fingerprint density at radius 2 is 1.71 bits per heavy atom. The van der Waals surface area contributed by atoms with Crippen molar-refractivity contribution in [3.63, 3.8) is 0 Å². The van der Waals surface area contributed by atoms with E-state index in [9.17, 15) is 12.8 Å². The molecule has 0 amide bonds. The molecular weight excluding hydrogens is 325 g/mol. The van der Waals surface area contributed by atoms with E-state index in [2.05, 4.69) is 6.08 Å². The molecule has 2 aromatic rings. The standard InChI is InChI=1S/C19H18FNO2S/c20-16-7-3-1-6-15(16)18-14(9-10-19(18)11-12-19)13-5-2-4-8-17(13)24(21,22)23/h1-9,18H,10-12H2,(H2,21,22,23). The molecule has 1 fully saturated rings. The molecule has 0 bridgehead atoms. The molecule has 2 aliphatic rings. The summed E-state index contributed by atoms with van der Waals surface area (Å²) >= 11 is 0. The van der Waals surface area contributed by atoms with Crippen molar-refractivity contribution in [1.29, 1.82) is 0 Å². The molecule has 2 aromatic carbocycles. The van der Waals surface area contributed by atoms with Crippen molar-refractivity contribution in [1.82, 2.24) is 0 Å². The largest absolute Gasteiger partial charge is 0.238 e. The first-order valence-corrected chi connectivity index (χ1v) is 9.54. The van der Waals surface area contributed by atoms with Gasteiger partial charge in [0.05, 0.1) is 4.90 Å². The molecule has 3 nitrogen and oxygen atoms in total. The van der Waals surface area contributed by atoms with Crippen molar-refractivity contribution >= 4 is 15.6 Å². The molecular formula is C19H18FNO2S. The van der Waals surface area contributed by atoms with E-state index in [1.54, 1.807) is 30.3 Å². The zero-order valence-electron chi connectivity index (χ0n) is 13.1. The first-order chi connectivity index (χ1) is 11.4. The molecule has 2 aliphatic carbocycles. The third-order valence-corrected chi connectivity index (χ3v) is 6.23. The second-order valence-electron chi connectivity index (χ2n) is 6.72. The summed E-state index contributed by atoms with van der Waals surface area (Å²) in [5.41, 5.74) is 2.14. The van der Waals surface area contributed by atoms with Crippen LogP contribution in [-0.2, 0) is 10.0 Å². The lowest BCUT2D eigenvalue weighted by molar-refractivity contribution is 0.478. The van der Waals surface area contributed by atoms with Crippen LogP contribution in [0.2, 0.25) is 0 Å². The Bertz CT molecular complexity index is 945. The molecule has 1 atom stereocenters. The summed E-state index contributed by atoms with van der Waals surface area (Å²) in [5.74, 6) is -0.365. The van der Waals surface area contributed by atoms with Gasteiger partial charge >= 0.3 is 0 Å². The monoisotopic (exact) mass is 343 g/mol. The van der Waals surface area contributed by atoms with Crippen LogP contribution in [0.4, 0.5) is 4.39 Å². The molecule has 1 saturated carbocycles. The fourth-order valence-corrected chi connectivity index (χ4v) is 4.72. The van der Waals surface area contributed by atoms with Gasteiger partial charge < -0.3 is 0 Å². The van der Waals surface area contributed by atoms with E-state index in [-0.39, 0.29) is 22.0 Å². The van der Waals surface area contributed by atoms with Crippen LogP contribution in [0.1, 0.15) is 36.3 Å². The number of allylic oxidation sites excluding steroid dienone is 2. The zero-order chi connectivity index (χ0) is 16.9. The number of sulfonamides is 1. The maximum Gasteiger partial charge on any atom is 0.238 e. The van der Waals surface area contributed by atoms with Crippen LogP contribution < -0.4 is 5.14 Å². The molecule has 0 saturated heterocycles. The van der Waals surface area contributed by atoms with Gasteiger partial charge in [0.1, 0.15) is 5.82 Å². The molecule has 0 aliphatic heterocycles. The van der Waals surface area contributed by atoms with Crippen molar-refractivity contribution in [3.8, 4) is 0 Å². The van der Waals surface area contributed by atoms with Crippen LogP contribution in [0.15, 0.2) is 59.5 Å². The summed E-state index contributed by atoms with van der Waals surface area (Å²) in [6, 6.07) is 13.5. The number of nitrogens with two attached hydrogens (primary N) is 1. The zero-order valence-corrected chi connectivity index (χ0v) is 13.9. The van der Waals surface area contributed by atoms with E-state index >= 15 is 0 Å². The molecule has 2 N–H and O–H groups in total. The highest BCUT2D eigenvalue weighted by Gasteiger charge is 2.54. The van der Waals surface area contributed by atoms with Gasteiger partial charge in [-0.3, -0.25) is 0 Å². The van der Waals surface area contributed by atoms with E-state index in [1.807, 2.05) is 6.07 Å². The first kappa shape index (κ1) is 15.5. The molecule has 0 radical (unpaired) electrons. The van der Waals surface area contributed by atoms with Gasteiger partial charge in [-0.2, -0.15) is 0 Å². The second-order valence-corrected chi connectivity index (χ2v) is 8.25. The molecule has 0 heterocycles. The van der Waals surface area contributed by atoms with E-state index < -0.39 is 10.0 Å². The molecule has 1 unspecified atom stereocenters. The van der Waals surface area contributed by atoms with Gasteiger partial charge in [-0.15, -0.1) is 0 Å². The Labute approximate surface area is 141 Å².